The number of nitrogens with zero attached hydrogens (tertiary/aromatic N) is 3. The average Bonchev–Trinajstić information content (AvgIpc) is 2.56. The van der Waals surface area contributed by atoms with E-state index in [9.17, 15) is 0 Å². The molecule has 0 unspecified atom stereocenters. The molecule has 0 fully saturated rings. The van der Waals surface area contributed by atoms with Crippen LogP contribution in [0.4, 0.5) is 0 Å². The molecular weight excluding hydrogens is 373 g/mol. The molecule has 3 aromatic heterocycles. The van der Waals surface area contributed by atoms with Gasteiger partial charge in [-0.15, -0.1) is 0 Å². The molecule has 3 rings (SSSR count). The van der Waals surface area contributed by atoms with Crippen LogP contribution in [-0.2, 0) is 13.1 Å². The summed E-state index contributed by atoms with van der Waals surface area (Å²) in [6.07, 6.45) is 0. The molecule has 0 bridgehead atoms. The van der Waals surface area contributed by atoms with E-state index in [4.69, 9.17) is 20.2 Å². The zero-order chi connectivity index (χ0) is 16.7. The minimum absolute atomic E-state index is 0.194. The van der Waals surface area contributed by atoms with Gasteiger partial charge >= 0.3 is 33.3 Å². The summed E-state index contributed by atoms with van der Waals surface area (Å²) in [5.41, 5.74) is 5.50. The number of hydrogen-bond donors (Lipinski definition) is 0. The molecule has 3 heterocycles. The Kier molecular flexibility index (Phi) is 7.00. The quantitative estimate of drug-likeness (QED) is 0.567. The molecular formula is C17H15Cl2FeN3. The second kappa shape index (κ2) is 8.99. The Labute approximate surface area is 150 Å². The molecule has 3 nitrogen and oxygen atoms in total. The van der Waals surface area contributed by atoms with Crippen molar-refractivity contribution in [3.63, 3.8) is 0 Å². The van der Waals surface area contributed by atoms with Crippen molar-refractivity contribution >= 4 is 20.2 Å². The standard InChI is InChI=1S/C17H15N3.2ClH.Fe/c1-12-6-3-8-14(18-12)16-10-5-11-17(20-16)15-9-4-7-13(2)19-15;;;/h3-11H,1-2H3;2*1H;/q;;;+2/p-2. The number of halogens is 2. The third-order valence-corrected chi connectivity index (χ3v) is 3.05. The molecule has 0 atom stereocenters. The topological polar surface area (TPSA) is 38.7 Å². The van der Waals surface area contributed by atoms with E-state index in [1.807, 2.05) is 68.4 Å². The molecule has 0 saturated carbocycles. The molecule has 120 valence electrons. The molecule has 0 N–H and O–H groups in total. The maximum atomic E-state index is 4.76. The number of aryl methyl sites for hydroxylation is 2. The van der Waals surface area contributed by atoms with Gasteiger partial charge in [-0.1, -0.05) is 18.2 Å². The molecule has 6 heteroatoms. The molecule has 0 amide bonds. The Balaban J connectivity index is 0.000000595. The second-order valence-corrected chi connectivity index (χ2v) is 6.61. The van der Waals surface area contributed by atoms with Gasteiger partial charge < -0.3 is 0 Å². The van der Waals surface area contributed by atoms with E-state index in [2.05, 4.69) is 15.0 Å². The van der Waals surface area contributed by atoms with Crippen molar-refractivity contribution in [2.45, 2.75) is 13.8 Å². The summed E-state index contributed by atoms with van der Waals surface area (Å²) < 4.78 is 0. The Hall–Kier alpha value is -1.45. The molecule has 0 aromatic carbocycles. The van der Waals surface area contributed by atoms with Gasteiger partial charge in [0.15, 0.2) is 0 Å². The van der Waals surface area contributed by atoms with Crippen molar-refractivity contribution in [3.05, 3.63) is 66.0 Å². The maximum absolute atomic E-state index is 4.76. The summed E-state index contributed by atoms with van der Waals surface area (Å²) in [6.45, 7) is 3.96. The molecule has 0 spiro atoms. The number of pyridine rings is 3. The fraction of sp³-hybridized carbons (Fsp3) is 0.118. The number of hydrogen-bond acceptors (Lipinski definition) is 3. The molecule has 3 aromatic rings. The number of aromatic nitrogens is 3. The van der Waals surface area contributed by atoms with E-state index >= 15 is 0 Å². The van der Waals surface area contributed by atoms with Crippen molar-refractivity contribution in [1.29, 1.82) is 0 Å². The van der Waals surface area contributed by atoms with E-state index in [-0.39, 0.29) is 13.1 Å². The van der Waals surface area contributed by atoms with Crippen LogP contribution in [0.2, 0.25) is 0 Å². The second-order valence-electron chi connectivity index (χ2n) is 4.79. The molecule has 0 aliphatic heterocycles. The van der Waals surface area contributed by atoms with Crippen molar-refractivity contribution in [2.75, 3.05) is 0 Å². The van der Waals surface area contributed by atoms with E-state index in [1.54, 1.807) is 0 Å². The summed E-state index contributed by atoms with van der Waals surface area (Å²) in [6, 6.07) is 17.8. The van der Waals surface area contributed by atoms with Crippen LogP contribution in [0, 0.1) is 13.8 Å². The summed E-state index contributed by atoms with van der Waals surface area (Å²) in [5.74, 6) is 0. The van der Waals surface area contributed by atoms with E-state index in [0.29, 0.717) is 0 Å². The van der Waals surface area contributed by atoms with Crippen molar-refractivity contribution in [3.8, 4) is 22.8 Å². The van der Waals surface area contributed by atoms with Gasteiger partial charge in [-0.3, -0.25) is 9.97 Å². The Morgan fingerprint density at radius 1 is 0.609 bits per heavy atom. The van der Waals surface area contributed by atoms with Crippen LogP contribution in [-0.4, -0.2) is 15.0 Å². The van der Waals surface area contributed by atoms with Crippen LogP contribution in [0.5, 0.6) is 0 Å². The van der Waals surface area contributed by atoms with Gasteiger partial charge in [0, 0.05) is 11.4 Å². The van der Waals surface area contributed by atoms with Crippen molar-refractivity contribution < 1.29 is 13.1 Å². The van der Waals surface area contributed by atoms with Crippen LogP contribution in [0.3, 0.4) is 0 Å². The molecule has 0 radical (unpaired) electrons. The first-order chi connectivity index (χ1) is 11.1. The first-order valence-electron chi connectivity index (χ1n) is 6.84. The summed E-state index contributed by atoms with van der Waals surface area (Å²) in [4.78, 5) is 13.7. The van der Waals surface area contributed by atoms with Crippen LogP contribution < -0.4 is 0 Å². The molecule has 0 aliphatic carbocycles. The van der Waals surface area contributed by atoms with Gasteiger partial charge in [0.1, 0.15) is 0 Å². The third-order valence-electron chi connectivity index (χ3n) is 3.05. The summed E-state index contributed by atoms with van der Waals surface area (Å²) in [7, 11) is 9.53. The van der Waals surface area contributed by atoms with Crippen LogP contribution >= 0.6 is 20.2 Å². The Morgan fingerprint density at radius 3 is 1.26 bits per heavy atom. The summed E-state index contributed by atoms with van der Waals surface area (Å²) in [5, 5.41) is 0. The molecule has 0 saturated heterocycles. The molecule has 23 heavy (non-hydrogen) atoms. The van der Waals surface area contributed by atoms with Gasteiger partial charge in [-0.2, -0.15) is 0 Å². The minimum atomic E-state index is 0.194. The Bertz CT molecular complexity index is 720. The van der Waals surface area contributed by atoms with Gasteiger partial charge in [-0.25, -0.2) is 4.98 Å². The van der Waals surface area contributed by atoms with Crippen molar-refractivity contribution in [2.24, 2.45) is 0 Å². The fourth-order valence-corrected chi connectivity index (χ4v) is 2.09. The van der Waals surface area contributed by atoms with E-state index in [0.717, 1.165) is 34.2 Å². The first kappa shape index (κ1) is 17.9. The van der Waals surface area contributed by atoms with E-state index < -0.39 is 0 Å². The van der Waals surface area contributed by atoms with Gasteiger partial charge in [0.05, 0.1) is 22.8 Å². The van der Waals surface area contributed by atoms with Gasteiger partial charge in [0.2, 0.25) is 0 Å². The van der Waals surface area contributed by atoms with Crippen LogP contribution in [0.15, 0.2) is 54.6 Å². The summed E-state index contributed by atoms with van der Waals surface area (Å²) >= 11 is 0.194. The normalized spacial score (nSPS) is 10.1. The third kappa shape index (κ3) is 5.29. The van der Waals surface area contributed by atoms with E-state index in [1.165, 1.54) is 0 Å². The van der Waals surface area contributed by atoms with Gasteiger partial charge in [0.25, 0.3) is 0 Å². The first-order valence-corrected chi connectivity index (χ1v) is 9.88. The average molecular weight is 388 g/mol. The SMILES string of the molecule is Cc1cccc(-c2cccc(-c3cccc(C)n3)n2)n1.[Cl][Fe][Cl]. The number of rotatable bonds is 2. The zero-order valence-corrected chi connectivity index (χ0v) is 15.3. The monoisotopic (exact) mass is 387 g/mol. The fourth-order valence-electron chi connectivity index (χ4n) is 2.09. The van der Waals surface area contributed by atoms with Gasteiger partial charge in [-0.05, 0) is 50.2 Å². The Morgan fingerprint density at radius 2 is 0.913 bits per heavy atom. The van der Waals surface area contributed by atoms with Crippen LogP contribution in [0.1, 0.15) is 11.4 Å². The molecule has 0 aliphatic rings. The zero-order valence-electron chi connectivity index (χ0n) is 12.6. The van der Waals surface area contributed by atoms with Crippen molar-refractivity contribution in [1.82, 2.24) is 15.0 Å². The van der Waals surface area contributed by atoms with Crippen LogP contribution in [0.25, 0.3) is 22.8 Å². The predicted octanol–water partition coefficient (Wildman–Crippen LogP) is 5.20. The predicted molar refractivity (Wildman–Crippen MR) is 91.9 cm³/mol.